The number of unbranched alkanes of at least 4 members (excludes halogenated alkanes) is 4. The van der Waals surface area contributed by atoms with E-state index in [2.05, 4.69) is 53.2 Å². The number of aromatic hydroxyl groups is 1. The van der Waals surface area contributed by atoms with Crippen LogP contribution in [-0.2, 0) is 88.0 Å². The summed E-state index contributed by atoms with van der Waals surface area (Å²) in [6.07, 6.45) is -0.804. The fourth-order valence-corrected chi connectivity index (χ4v) is 11.7. The molecule has 32 nitrogen and oxygen atoms in total. The van der Waals surface area contributed by atoms with Crippen LogP contribution in [0.1, 0.15) is 145 Å². The topological polar surface area (TPSA) is 553 Å². The van der Waals surface area contributed by atoms with Gasteiger partial charge >= 0.3 is 17.9 Å². The Kier molecular flexibility index (Phi) is 41.3. The van der Waals surface area contributed by atoms with E-state index in [4.69, 9.17) is 28.7 Å². The van der Waals surface area contributed by atoms with Gasteiger partial charge in [0.25, 0.3) is 0 Å². The molecule has 0 heterocycles. The van der Waals surface area contributed by atoms with Gasteiger partial charge in [0.1, 0.15) is 60.4 Å². The molecule has 0 aliphatic heterocycles. The van der Waals surface area contributed by atoms with E-state index in [1.807, 2.05) is 0 Å². The van der Waals surface area contributed by atoms with E-state index in [1.54, 1.807) is 97.9 Å². The van der Waals surface area contributed by atoms with Crippen LogP contribution in [0.4, 0.5) is 8.78 Å². The Morgan fingerprint density at radius 1 is 0.355 bits per heavy atom. The van der Waals surface area contributed by atoms with Crippen molar-refractivity contribution in [2.75, 3.05) is 26.2 Å². The van der Waals surface area contributed by atoms with Crippen molar-refractivity contribution in [2.45, 2.75) is 215 Å². The summed E-state index contributed by atoms with van der Waals surface area (Å²) in [6, 6.07) is 9.21. The summed E-state index contributed by atoms with van der Waals surface area (Å²) in [6.45, 7) is 4.09. The first-order chi connectivity index (χ1) is 52.5. The molecule has 0 saturated heterocycles. The van der Waals surface area contributed by atoms with Crippen LogP contribution < -0.4 is 81.8 Å². The number of nitrogens with one attached hydrogen (secondary N) is 10. The molecule has 0 bridgehead atoms. The third-order valence-electron chi connectivity index (χ3n) is 18.3. The van der Waals surface area contributed by atoms with Crippen LogP contribution in [-0.4, -0.2) is 190 Å². The van der Waals surface area contributed by atoms with Gasteiger partial charge in [0.05, 0.1) is 6.04 Å². The number of hydrogen-bond acceptors (Lipinski definition) is 19. The van der Waals surface area contributed by atoms with Crippen molar-refractivity contribution in [1.29, 1.82) is 0 Å². The molecule has 0 spiro atoms. The number of carboxylic acids is 3. The number of benzene rings is 4. The number of amides is 10. The number of rotatable bonds is 53. The van der Waals surface area contributed by atoms with E-state index in [0.29, 0.717) is 80.3 Å². The lowest BCUT2D eigenvalue weighted by molar-refractivity contribution is -0.142. The maximum atomic E-state index is 15.1. The monoisotopic (exact) mass is 1540 g/mol. The van der Waals surface area contributed by atoms with Gasteiger partial charge in [-0.2, -0.15) is 0 Å². The molecule has 604 valence electrons. The highest BCUT2D eigenvalue weighted by atomic mass is 19.1. The molecule has 110 heavy (non-hydrogen) atoms. The number of nitrogens with two attached hydrogens (primary N) is 5. The number of halogens is 2. The Balaban J connectivity index is 1.71. The smallest absolute Gasteiger partial charge is 0.326 e. The molecule has 0 fully saturated rings. The van der Waals surface area contributed by atoms with Gasteiger partial charge in [-0.05, 0) is 150 Å². The normalized spacial score (nSPS) is 14.4. The molecule has 0 aliphatic carbocycles. The summed E-state index contributed by atoms with van der Waals surface area (Å²) in [5.74, 6) is -19.6. The number of phenols is 1. The lowest BCUT2D eigenvalue weighted by Crippen LogP contribution is -2.62. The second-order valence-electron chi connectivity index (χ2n) is 27.1. The van der Waals surface area contributed by atoms with E-state index in [0.717, 1.165) is 0 Å². The average molecular weight is 1540 g/mol. The van der Waals surface area contributed by atoms with E-state index in [-0.39, 0.29) is 83.0 Å². The molecular weight excluding hydrogens is 1430 g/mol. The standard InChI is InChI=1S/C76H109F2N15O17/c1-3-45(2)64(75(108)91-60(44-49-39-50(77)65(98)51(78)40-49)73(106)89-58(41-46-21-7-4-8-22-46)72(105)90-59(42-47-23-9-5-10-24-47)74(107)92-61(76(109)110)43-48-25-11-6-12-26-48)93-71(104)57(32-34-63(96)97)88-70(103)56(31-33-62(94)95)87-69(102)55(30-16-20-38-82)86-68(101)54(29-15-19-37-81)85-67(100)53(28-14-18-36-80)84-66(99)52(83)27-13-17-35-79/h4-12,21-26,39-40,45,52-61,64,98H,3,13-20,27-38,41-44,79-83H2,1-2H3,(H,84,99)(H,85,100)(H,86,101)(H,87,102)(H,88,103)(H,89,106)(H,90,105)(H,91,108)(H,92,107)(H,93,104)(H,94,95)(H,96,97)(H,109,110)/t45-,52-,53-,54-,55-,56-,57-,58-,59-,60-,61-,64-/m0/s1. The van der Waals surface area contributed by atoms with Gasteiger partial charge in [0, 0.05) is 38.5 Å². The Morgan fingerprint density at radius 3 is 0.955 bits per heavy atom. The van der Waals surface area contributed by atoms with Crippen LogP contribution in [0.3, 0.4) is 0 Å². The lowest BCUT2D eigenvalue weighted by atomic mass is 9.96. The van der Waals surface area contributed by atoms with Crippen LogP contribution in [0.25, 0.3) is 0 Å². The molecule has 4 aromatic rings. The number of carbonyl (C=O) groups is 13. The number of hydrogen-bond donors (Lipinski definition) is 19. The van der Waals surface area contributed by atoms with Gasteiger partial charge in [-0.15, -0.1) is 0 Å². The van der Waals surface area contributed by atoms with Crippen LogP contribution in [0, 0.1) is 17.6 Å². The molecule has 0 radical (unpaired) electrons. The summed E-state index contributed by atoms with van der Waals surface area (Å²) < 4.78 is 30.3. The third kappa shape index (κ3) is 33.1. The van der Waals surface area contributed by atoms with Crippen molar-refractivity contribution < 1.29 is 91.5 Å². The summed E-state index contributed by atoms with van der Waals surface area (Å²) in [5.41, 5.74) is 30.3. The maximum absolute atomic E-state index is 15.1. The molecule has 0 saturated carbocycles. The first-order valence-electron chi connectivity index (χ1n) is 37.1. The zero-order chi connectivity index (χ0) is 81.2. The minimum atomic E-state index is -1.94. The van der Waals surface area contributed by atoms with Crippen molar-refractivity contribution in [3.05, 3.63) is 137 Å². The number of carbonyl (C=O) groups excluding carboxylic acids is 10. The second kappa shape index (κ2) is 49.5. The van der Waals surface area contributed by atoms with Crippen LogP contribution in [0.2, 0.25) is 0 Å². The van der Waals surface area contributed by atoms with Crippen molar-refractivity contribution in [2.24, 2.45) is 34.6 Å². The Hall–Kier alpha value is -10.6. The van der Waals surface area contributed by atoms with Crippen LogP contribution in [0.5, 0.6) is 5.75 Å². The van der Waals surface area contributed by atoms with E-state index in [9.17, 15) is 78.0 Å². The summed E-state index contributed by atoms with van der Waals surface area (Å²) >= 11 is 0. The van der Waals surface area contributed by atoms with Gasteiger partial charge in [-0.3, -0.25) is 57.5 Å². The fraction of sp³-hybridized carbons (Fsp3) is 0.513. The molecule has 34 heteroatoms. The molecule has 4 aromatic carbocycles. The molecule has 24 N–H and O–H groups in total. The number of aliphatic carboxylic acids is 3. The van der Waals surface area contributed by atoms with Crippen molar-refractivity contribution >= 4 is 77.0 Å². The number of carboxylic acid groups (broad SMARTS) is 3. The Bertz CT molecular complexity index is 3630. The van der Waals surface area contributed by atoms with Gasteiger partial charge in [-0.25, -0.2) is 13.6 Å². The zero-order valence-electron chi connectivity index (χ0n) is 62.2. The van der Waals surface area contributed by atoms with Crippen molar-refractivity contribution in [3.63, 3.8) is 0 Å². The highest BCUT2D eigenvalue weighted by Crippen LogP contribution is 2.23. The molecule has 12 atom stereocenters. The summed E-state index contributed by atoms with van der Waals surface area (Å²) in [5, 5.41) is 65.7. The molecule has 4 rings (SSSR count). The third-order valence-corrected chi connectivity index (χ3v) is 18.3. The lowest BCUT2D eigenvalue weighted by Gasteiger charge is -2.30. The average Bonchev–Trinajstić information content (AvgIpc) is 0.847. The minimum Gasteiger partial charge on any atom is -0.503 e. The first-order valence-corrected chi connectivity index (χ1v) is 37.1. The summed E-state index contributed by atoms with van der Waals surface area (Å²) in [4.78, 5) is 182. The highest BCUT2D eigenvalue weighted by molar-refractivity contribution is 5.99. The summed E-state index contributed by atoms with van der Waals surface area (Å²) in [7, 11) is 0. The zero-order valence-corrected chi connectivity index (χ0v) is 62.2. The minimum absolute atomic E-state index is 0.0112. The molecule has 0 aliphatic rings. The SMILES string of the molecule is CC[C@H](C)[C@H](NC(=O)[C@H](CCC(=O)O)NC(=O)[C@H](CCC(=O)O)NC(=O)[C@H](CCCCN)NC(=O)[C@H](CCCCN)NC(=O)[C@H](CCCCN)NC(=O)[C@@H](N)CCCCN)C(=O)N[C@@H](Cc1cc(F)c(O)c(F)c1)C(=O)N[C@@H](Cc1ccccc1)C(=O)N[C@@H](Cc1ccccc1)C(=O)N[C@@H](Cc1ccccc1)C(=O)O. The molecule has 0 aromatic heterocycles. The van der Waals surface area contributed by atoms with E-state index < -0.39 is 199 Å². The predicted octanol–water partition coefficient (Wildman–Crippen LogP) is 0.493. The largest absolute Gasteiger partial charge is 0.503 e. The van der Waals surface area contributed by atoms with Crippen molar-refractivity contribution in [1.82, 2.24) is 53.2 Å². The highest BCUT2D eigenvalue weighted by Gasteiger charge is 2.38. The fourth-order valence-electron chi connectivity index (χ4n) is 11.7. The maximum Gasteiger partial charge on any atom is 0.326 e. The Labute approximate surface area is 637 Å². The first kappa shape index (κ1) is 91.8. The number of phenolic OH excluding ortho intramolecular Hbond substituents is 1. The molecule has 0 unspecified atom stereocenters. The van der Waals surface area contributed by atoms with Gasteiger partial charge in [0.2, 0.25) is 59.1 Å². The second-order valence-corrected chi connectivity index (χ2v) is 27.1. The van der Waals surface area contributed by atoms with Gasteiger partial charge in [0.15, 0.2) is 17.4 Å². The van der Waals surface area contributed by atoms with E-state index in [1.165, 1.54) is 6.92 Å². The Morgan fingerprint density at radius 2 is 0.627 bits per heavy atom. The van der Waals surface area contributed by atoms with Gasteiger partial charge in [-0.1, -0.05) is 118 Å². The van der Waals surface area contributed by atoms with E-state index >= 15 is 13.6 Å². The molecular formula is C76H109F2N15O17. The quantitative estimate of drug-likeness (QED) is 0.0268. The van der Waals surface area contributed by atoms with Crippen molar-refractivity contribution in [3.8, 4) is 5.75 Å². The predicted molar refractivity (Wildman–Crippen MR) is 402 cm³/mol. The molecule has 10 amide bonds. The van der Waals surface area contributed by atoms with Crippen LogP contribution in [0.15, 0.2) is 103 Å². The van der Waals surface area contributed by atoms with Gasteiger partial charge < -0.3 is 102 Å². The van der Waals surface area contributed by atoms with Crippen LogP contribution >= 0.6 is 0 Å².